The Kier molecular flexibility index (Phi) is 5.81. The van der Waals surface area contributed by atoms with Crippen LogP contribution in [0, 0.1) is 0 Å². The lowest BCUT2D eigenvalue weighted by Crippen LogP contribution is -2.49. The first-order valence-electron chi connectivity index (χ1n) is 9.82. The Morgan fingerprint density at radius 1 is 1.03 bits per heavy atom. The first-order chi connectivity index (χ1) is 14.1. The topological polar surface area (TPSA) is 62.5 Å². The third-order valence-electron chi connectivity index (χ3n) is 5.16. The van der Waals surface area contributed by atoms with E-state index in [0.717, 1.165) is 49.4 Å². The van der Waals surface area contributed by atoms with Gasteiger partial charge in [-0.2, -0.15) is 4.98 Å². The molecule has 0 unspecified atom stereocenters. The standard InChI is InChI=1S/C22H23ClN4O2/c1-2-20-24-22(25-29-20)17-5-9-19(10-6-17)26-11-13-27(14-12-26)21(28)15-16-3-7-18(23)8-4-16/h3-10H,2,11-15H2,1H3. The third-order valence-corrected chi connectivity index (χ3v) is 5.41. The summed E-state index contributed by atoms with van der Waals surface area (Å²) in [4.78, 5) is 21.2. The molecule has 1 saturated heterocycles. The van der Waals surface area contributed by atoms with E-state index in [0.29, 0.717) is 23.2 Å². The molecular weight excluding hydrogens is 388 g/mol. The van der Waals surface area contributed by atoms with Crippen molar-refractivity contribution >= 4 is 23.2 Å². The van der Waals surface area contributed by atoms with Crippen LogP contribution in [0.4, 0.5) is 5.69 Å². The highest BCUT2D eigenvalue weighted by Gasteiger charge is 2.21. The van der Waals surface area contributed by atoms with E-state index in [1.165, 1.54) is 0 Å². The fourth-order valence-electron chi connectivity index (χ4n) is 3.44. The molecule has 0 N–H and O–H groups in total. The van der Waals surface area contributed by atoms with Crippen molar-refractivity contribution in [2.45, 2.75) is 19.8 Å². The molecule has 0 radical (unpaired) electrons. The third kappa shape index (κ3) is 4.59. The van der Waals surface area contributed by atoms with Gasteiger partial charge in [0, 0.05) is 48.9 Å². The van der Waals surface area contributed by atoms with E-state index in [2.05, 4.69) is 27.2 Å². The van der Waals surface area contributed by atoms with E-state index in [4.69, 9.17) is 16.1 Å². The Labute approximate surface area is 175 Å². The predicted molar refractivity (Wildman–Crippen MR) is 113 cm³/mol. The van der Waals surface area contributed by atoms with Gasteiger partial charge in [-0.05, 0) is 42.0 Å². The molecule has 1 aliphatic rings. The summed E-state index contributed by atoms with van der Waals surface area (Å²) >= 11 is 5.91. The van der Waals surface area contributed by atoms with E-state index in [-0.39, 0.29) is 5.91 Å². The van der Waals surface area contributed by atoms with E-state index in [1.807, 2.05) is 48.2 Å². The van der Waals surface area contributed by atoms with E-state index >= 15 is 0 Å². The largest absolute Gasteiger partial charge is 0.368 e. The van der Waals surface area contributed by atoms with Gasteiger partial charge in [-0.25, -0.2) is 0 Å². The number of aromatic nitrogens is 2. The number of hydrogen-bond donors (Lipinski definition) is 0. The van der Waals surface area contributed by atoms with Gasteiger partial charge in [0.15, 0.2) is 0 Å². The number of nitrogens with zero attached hydrogens (tertiary/aromatic N) is 4. The summed E-state index contributed by atoms with van der Waals surface area (Å²) in [6.45, 7) is 5.06. The van der Waals surface area contributed by atoms with Crippen LogP contribution in [0.25, 0.3) is 11.4 Å². The molecule has 1 amide bonds. The molecule has 1 aromatic heterocycles. The number of carbonyl (C=O) groups is 1. The fourth-order valence-corrected chi connectivity index (χ4v) is 3.57. The number of amides is 1. The minimum absolute atomic E-state index is 0.158. The number of aryl methyl sites for hydroxylation is 1. The average molecular weight is 411 g/mol. The Morgan fingerprint density at radius 2 is 1.72 bits per heavy atom. The number of rotatable bonds is 5. The minimum atomic E-state index is 0.158. The molecule has 0 aliphatic carbocycles. The lowest BCUT2D eigenvalue weighted by Gasteiger charge is -2.36. The summed E-state index contributed by atoms with van der Waals surface area (Å²) in [7, 11) is 0. The zero-order valence-electron chi connectivity index (χ0n) is 16.3. The number of anilines is 1. The highest BCUT2D eigenvalue weighted by molar-refractivity contribution is 6.30. The van der Waals surface area contributed by atoms with Crippen LogP contribution in [0.1, 0.15) is 18.4 Å². The highest BCUT2D eigenvalue weighted by atomic mass is 35.5. The van der Waals surface area contributed by atoms with Crippen LogP contribution < -0.4 is 4.90 Å². The predicted octanol–water partition coefficient (Wildman–Crippen LogP) is 3.84. The molecule has 2 heterocycles. The molecule has 0 atom stereocenters. The molecule has 0 bridgehead atoms. The van der Waals surface area contributed by atoms with Crippen LogP contribution in [-0.2, 0) is 17.6 Å². The smallest absolute Gasteiger partial charge is 0.227 e. The van der Waals surface area contributed by atoms with Crippen molar-refractivity contribution in [3.05, 3.63) is 65.0 Å². The van der Waals surface area contributed by atoms with Crippen molar-refractivity contribution in [3.8, 4) is 11.4 Å². The van der Waals surface area contributed by atoms with Crippen molar-refractivity contribution in [2.24, 2.45) is 0 Å². The van der Waals surface area contributed by atoms with Crippen molar-refractivity contribution in [2.75, 3.05) is 31.1 Å². The Balaban J connectivity index is 1.33. The average Bonchev–Trinajstić information content (AvgIpc) is 3.25. The molecule has 4 rings (SSSR count). The molecule has 7 heteroatoms. The van der Waals surface area contributed by atoms with E-state index < -0.39 is 0 Å². The van der Waals surface area contributed by atoms with Gasteiger partial charge in [0.2, 0.25) is 17.6 Å². The first kappa shape index (κ1) is 19.5. The zero-order chi connectivity index (χ0) is 20.2. The summed E-state index contributed by atoms with van der Waals surface area (Å²) in [6.07, 6.45) is 1.14. The van der Waals surface area contributed by atoms with Crippen LogP contribution in [-0.4, -0.2) is 47.1 Å². The van der Waals surface area contributed by atoms with Gasteiger partial charge in [-0.3, -0.25) is 4.79 Å². The number of piperazine rings is 1. The van der Waals surface area contributed by atoms with Crippen molar-refractivity contribution in [1.29, 1.82) is 0 Å². The monoisotopic (exact) mass is 410 g/mol. The number of halogens is 1. The minimum Gasteiger partial charge on any atom is -0.368 e. The number of hydrogen-bond acceptors (Lipinski definition) is 5. The van der Waals surface area contributed by atoms with Crippen LogP contribution in [0.2, 0.25) is 5.02 Å². The zero-order valence-corrected chi connectivity index (χ0v) is 17.1. The Hall–Kier alpha value is -2.86. The first-order valence-corrected chi connectivity index (χ1v) is 10.2. The molecule has 150 valence electrons. The van der Waals surface area contributed by atoms with E-state index in [1.54, 1.807) is 0 Å². The van der Waals surface area contributed by atoms with Gasteiger partial charge in [-0.1, -0.05) is 35.8 Å². The maximum absolute atomic E-state index is 12.6. The second kappa shape index (κ2) is 8.66. The highest BCUT2D eigenvalue weighted by Crippen LogP contribution is 2.22. The van der Waals surface area contributed by atoms with Crippen molar-refractivity contribution in [1.82, 2.24) is 15.0 Å². The molecular formula is C22H23ClN4O2. The second-order valence-corrected chi connectivity index (χ2v) is 7.52. The molecule has 3 aromatic rings. The lowest BCUT2D eigenvalue weighted by atomic mass is 10.1. The van der Waals surface area contributed by atoms with Crippen LogP contribution in [0.3, 0.4) is 0 Å². The Morgan fingerprint density at radius 3 is 2.34 bits per heavy atom. The van der Waals surface area contributed by atoms with Crippen LogP contribution >= 0.6 is 11.6 Å². The maximum atomic E-state index is 12.6. The quantitative estimate of drug-likeness (QED) is 0.639. The van der Waals surface area contributed by atoms with Crippen LogP contribution in [0.5, 0.6) is 0 Å². The fraction of sp³-hybridized carbons (Fsp3) is 0.318. The molecule has 0 saturated carbocycles. The van der Waals surface area contributed by atoms with E-state index in [9.17, 15) is 4.79 Å². The molecule has 6 nitrogen and oxygen atoms in total. The van der Waals surface area contributed by atoms with Crippen LogP contribution in [0.15, 0.2) is 53.1 Å². The summed E-state index contributed by atoms with van der Waals surface area (Å²) in [6, 6.07) is 15.6. The molecule has 1 aliphatic heterocycles. The van der Waals surface area contributed by atoms with Gasteiger partial charge in [0.1, 0.15) is 0 Å². The summed E-state index contributed by atoms with van der Waals surface area (Å²) in [5.74, 6) is 1.42. The summed E-state index contributed by atoms with van der Waals surface area (Å²) < 4.78 is 5.18. The number of benzene rings is 2. The lowest BCUT2D eigenvalue weighted by molar-refractivity contribution is -0.130. The Bertz CT molecular complexity index is 961. The van der Waals surface area contributed by atoms with Crippen molar-refractivity contribution < 1.29 is 9.32 Å². The van der Waals surface area contributed by atoms with Gasteiger partial charge >= 0.3 is 0 Å². The molecule has 2 aromatic carbocycles. The SMILES string of the molecule is CCc1nc(-c2ccc(N3CCN(C(=O)Cc4ccc(Cl)cc4)CC3)cc2)no1. The normalized spacial score (nSPS) is 14.3. The van der Waals surface area contributed by atoms with Gasteiger partial charge < -0.3 is 14.3 Å². The van der Waals surface area contributed by atoms with Gasteiger partial charge in [0.05, 0.1) is 6.42 Å². The summed E-state index contributed by atoms with van der Waals surface area (Å²) in [5.41, 5.74) is 3.07. The molecule has 0 spiro atoms. The number of carbonyl (C=O) groups excluding carboxylic acids is 1. The molecule has 1 fully saturated rings. The van der Waals surface area contributed by atoms with Crippen molar-refractivity contribution in [3.63, 3.8) is 0 Å². The molecule has 29 heavy (non-hydrogen) atoms. The summed E-state index contributed by atoms with van der Waals surface area (Å²) in [5, 5.41) is 4.70. The second-order valence-electron chi connectivity index (χ2n) is 7.08. The van der Waals surface area contributed by atoms with Gasteiger partial charge in [-0.15, -0.1) is 0 Å². The van der Waals surface area contributed by atoms with Gasteiger partial charge in [0.25, 0.3) is 0 Å². The maximum Gasteiger partial charge on any atom is 0.227 e.